The molecule has 2 aliphatic heterocycles. The Morgan fingerprint density at radius 1 is 1.05 bits per heavy atom. The summed E-state index contributed by atoms with van der Waals surface area (Å²) in [5, 5.41) is 9.41. The molecular weight excluding hydrogens is 498 g/mol. The smallest absolute Gasteiger partial charge is 0.252 e. The number of fused-ring (bicyclic) bond motifs is 2. The highest BCUT2D eigenvalue weighted by Gasteiger charge is 2.32. The molecule has 0 bridgehead atoms. The standard InChI is InChI=1S/C29H33N5O5/c1-32(25-14-28(35)33(2)24-9-3-19(15-30)31-29(24)25)20-4-6-21(7-5-20)34(16-23-17-36-11-12-37-23)22-8-10-26-27(13-22)39-18-38-26/h3,8-10,13-14,20-21,23H,4-7,11-12,16-18H2,1-2H3/t20-,21+,23?. The summed E-state index contributed by atoms with van der Waals surface area (Å²) in [4.78, 5) is 21.9. The van der Waals surface area contributed by atoms with Gasteiger partial charge in [-0.15, -0.1) is 0 Å². The summed E-state index contributed by atoms with van der Waals surface area (Å²) in [6.45, 7) is 2.83. The van der Waals surface area contributed by atoms with E-state index in [0.29, 0.717) is 37.1 Å². The fourth-order valence-corrected chi connectivity index (χ4v) is 5.99. The number of pyridine rings is 2. The molecule has 3 aromatic rings. The molecular formula is C29H33N5O5. The molecule has 6 rings (SSSR count). The van der Waals surface area contributed by atoms with E-state index in [9.17, 15) is 10.1 Å². The molecule has 204 valence electrons. The van der Waals surface area contributed by atoms with Crippen molar-refractivity contribution in [1.29, 1.82) is 5.26 Å². The molecule has 3 aliphatic rings. The molecule has 0 radical (unpaired) electrons. The van der Waals surface area contributed by atoms with Crippen molar-refractivity contribution in [3.8, 4) is 17.6 Å². The maximum absolute atomic E-state index is 12.8. The van der Waals surface area contributed by atoms with Crippen LogP contribution in [-0.4, -0.2) is 67.9 Å². The second kappa shape index (κ2) is 10.8. The molecule has 1 atom stereocenters. The highest BCUT2D eigenvalue weighted by molar-refractivity contribution is 5.88. The van der Waals surface area contributed by atoms with Gasteiger partial charge in [-0.3, -0.25) is 4.79 Å². The number of rotatable bonds is 6. The number of benzene rings is 1. The predicted molar refractivity (Wildman–Crippen MR) is 147 cm³/mol. The summed E-state index contributed by atoms with van der Waals surface area (Å²) in [6.07, 6.45) is 3.89. The number of ether oxygens (including phenoxy) is 4. The maximum atomic E-state index is 12.8. The lowest BCUT2D eigenvalue weighted by Crippen LogP contribution is -2.48. The first-order valence-corrected chi connectivity index (χ1v) is 13.5. The summed E-state index contributed by atoms with van der Waals surface area (Å²) in [5.41, 5.74) is 3.52. The van der Waals surface area contributed by atoms with E-state index in [1.54, 1.807) is 29.8 Å². The topological polar surface area (TPSA) is 102 Å². The summed E-state index contributed by atoms with van der Waals surface area (Å²) in [6, 6.07) is 13.9. The molecule has 1 saturated carbocycles. The molecule has 10 heteroatoms. The van der Waals surface area contributed by atoms with E-state index in [2.05, 4.69) is 33.0 Å². The Hall–Kier alpha value is -3.81. The zero-order valence-electron chi connectivity index (χ0n) is 22.3. The number of aromatic nitrogens is 2. The van der Waals surface area contributed by atoms with Crippen molar-refractivity contribution in [3.63, 3.8) is 0 Å². The highest BCUT2D eigenvalue weighted by atomic mass is 16.7. The van der Waals surface area contributed by atoms with Crippen LogP contribution in [0.3, 0.4) is 0 Å². The van der Waals surface area contributed by atoms with Crippen molar-refractivity contribution in [2.24, 2.45) is 7.05 Å². The summed E-state index contributed by atoms with van der Waals surface area (Å²) in [7, 11) is 3.77. The molecule has 0 amide bonds. The maximum Gasteiger partial charge on any atom is 0.252 e. The first kappa shape index (κ1) is 25.5. The molecule has 39 heavy (non-hydrogen) atoms. The summed E-state index contributed by atoms with van der Waals surface area (Å²) < 4.78 is 24.5. The second-order valence-corrected chi connectivity index (χ2v) is 10.4. The van der Waals surface area contributed by atoms with Crippen LogP contribution in [0.1, 0.15) is 31.4 Å². The van der Waals surface area contributed by atoms with Crippen molar-refractivity contribution >= 4 is 22.4 Å². The molecule has 2 fully saturated rings. The fraction of sp³-hybridized carbons (Fsp3) is 0.483. The van der Waals surface area contributed by atoms with Gasteiger partial charge in [0.15, 0.2) is 11.5 Å². The van der Waals surface area contributed by atoms with Crippen molar-refractivity contribution in [2.75, 3.05) is 50.0 Å². The van der Waals surface area contributed by atoms with Crippen LogP contribution in [0.25, 0.3) is 11.0 Å². The van der Waals surface area contributed by atoms with Crippen molar-refractivity contribution in [1.82, 2.24) is 9.55 Å². The van der Waals surface area contributed by atoms with E-state index in [1.165, 1.54) is 0 Å². The fourth-order valence-electron chi connectivity index (χ4n) is 5.99. The lowest BCUT2D eigenvalue weighted by Gasteiger charge is -2.42. The average molecular weight is 532 g/mol. The molecule has 4 heterocycles. The Balaban J connectivity index is 1.23. The minimum Gasteiger partial charge on any atom is -0.454 e. The van der Waals surface area contributed by atoms with Gasteiger partial charge in [0.1, 0.15) is 17.3 Å². The van der Waals surface area contributed by atoms with Gasteiger partial charge in [0, 0.05) is 50.5 Å². The first-order valence-electron chi connectivity index (χ1n) is 13.5. The van der Waals surface area contributed by atoms with Gasteiger partial charge in [-0.25, -0.2) is 4.98 Å². The van der Waals surface area contributed by atoms with Gasteiger partial charge in [0.05, 0.1) is 37.1 Å². The number of hydrogen-bond acceptors (Lipinski definition) is 9. The Morgan fingerprint density at radius 3 is 2.62 bits per heavy atom. The van der Waals surface area contributed by atoms with E-state index < -0.39 is 0 Å². The first-order chi connectivity index (χ1) is 19.0. The summed E-state index contributed by atoms with van der Waals surface area (Å²) in [5.74, 6) is 1.55. The van der Waals surface area contributed by atoms with E-state index in [1.807, 2.05) is 13.1 Å². The largest absolute Gasteiger partial charge is 0.454 e. The zero-order chi connectivity index (χ0) is 26.9. The SMILES string of the molecule is Cn1c(=O)cc(N(C)[C@H]2CC[C@@H](N(CC3COCCO3)c3ccc4c(c3)OCO4)CC2)c2nc(C#N)ccc21. The molecule has 0 spiro atoms. The van der Waals surface area contributed by atoms with E-state index in [4.69, 9.17) is 18.9 Å². The predicted octanol–water partition coefficient (Wildman–Crippen LogP) is 3.20. The third-order valence-electron chi connectivity index (χ3n) is 8.19. The van der Waals surface area contributed by atoms with Crippen LogP contribution in [0, 0.1) is 11.3 Å². The van der Waals surface area contributed by atoms with Gasteiger partial charge in [-0.1, -0.05) is 0 Å². The Morgan fingerprint density at radius 2 is 1.85 bits per heavy atom. The Labute approximate surface area is 227 Å². The van der Waals surface area contributed by atoms with Crippen LogP contribution >= 0.6 is 0 Å². The molecule has 1 unspecified atom stereocenters. The molecule has 1 aliphatic carbocycles. The number of hydrogen-bond donors (Lipinski definition) is 0. The van der Waals surface area contributed by atoms with Crippen LogP contribution in [-0.2, 0) is 16.5 Å². The van der Waals surface area contributed by atoms with Gasteiger partial charge in [0.2, 0.25) is 6.79 Å². The molecule has 10 nitrogen and oxygen atoms in total. The van der Waals surface area contributed by atoms with Gasteiger partial charge in [-0.05, 0) is 49.9 Å². The minimum atomic E-state index is -0.0896. The Bertz CT molecular complexity index is 1450. The lowest BCUT2D eigenvalue weighted by molar-refractivity contribution is -0.0846. The van der Waals surface area contributed by atoms with Crippen molar-refractivity contribution in [3.05, 3.63) is 52.4 Å². The Kier molecular flexibility index (Phi) is 7.02. The third kappa shape index (κ3) is 5.00. The molecule has 1 saturated heterocycles. The number of anilines is 2. The van der Waals surface area contributed by atoms with Gasteiger partial charge in [-0.2, -0.15) is 5.26 Å². The van der Waals surface area contributed by atoms with E-state index >= 15 is 0 Å². The van der Waals surface area contributed by atoms with Gasteiger partial charge in [0.25, 0.3) is 5.56 Å². The van der Waals surface area contributed by atoms with Crippen LogP contribution < -0.4 is 24.8 Å². The monoisotopic (exact) mass is 531 g/mol. The van der Waals surface area contributed by atoms with Crippen LogP contribution in [0.4, 0.5) is 11.4 Å². The molecule has 1 aromatic carbocycles. The number of aryl methyl sites for hydroxylation is 1. The minimum absolute atomic E-state index is 0.0110. The quantitative estimate of drug-likeness (QED) is 0.474. The molecule has 0 N–H and O–H groups in total. The third-order valence-corrected chi connectivity index (χ3v) is 8.19. The molecule has 2 aromatic heterocycles. The lowest BCUT2D eigenvalue weighted by atomic mass is 9.88. The van der Waals surface area contributed by atoms with E-state index in [0.717, 1.165) is 60.6 Å². The van der Waals surface area contributed by atoms with Gasteiger partial charge < -0.3 is 33.3 Å². The van der Waals surface area contributed by atoms with Gasteiger partial charge >= 0.3 is 0 Å². The van der Waals surface area contributed by atoms with Crippen molar-refractivity contribution < 1.29 is 18.9 Å². The van der Waals surface area contributed by atoms with E-state index in [-0.39, 0.29) is 24.5 Å². The normalized spacial score (nSPS) is 22.4. The van der Waals surface area contributed by atoms with Crippen LogP contribution in [0.15, 0.2) is 41.2 Å². The highest BCUT2D eigenvalue weighted by Crippen LogP contribution is 2.38. The number of nitriles is 1. The van der Waals surface area contributed by atoms with Crippen molar-refractivity contribution in [2.45, 2.75) is 43.9 Å². The second-order valence-electron chi connectivity index (χ2n) is 10.4. The van der Waals surface area contributed by atoms with Crippen LogP contribution in [0.2, 0.25) is 0 Å². The number of nitrogens with zero attached hydrogens (tertiary/aromatic N) is 5. The summed E-state index contributed by atoms with van der Waals surface area (Å²) >= 11 is 0. The van der Waals surface area contributed by atoms with Crippen LogP contribution in [0.5, 0.6) is 11.5 Å². The average Bonchev–Trinajstić information content (AvgIpc) is 3.46. The zero-order valence-corrected chi connectivity index (χ0v) is 22.3.